The van der Waals surface area contributed by atoms with Crippen LogP contribution in [0, 0.1) is 23.2 Å². The van der Waals surface area contributed by atoms with Crippen molar-refractivity contribution < 1.29 is 27.4 Å². The van der Waals surface area contributed by atoms with E-state index >= 15 is 0 Å². The minimum Gasteiger partial charge on any atom is -0.367 e. The van der Waals surface area contributed by atoms with E-state index in [0.717, 1.165) is 25.0 Å². The third-order valence-corrected chi connectivity index (χ3v) is 6.69. The SMILES string of the molecule is CC12CCC3(CCOC4[C@@H]3[C@@H]1C(=O)N4c1ccc(C#N)c(C(F)(F)F)c1)O2. The molecule has 1 aromatic carbocycles. The quantitative estimate of drug-likeness (QED) is 0.753. The Labute approximate surface area is 153 Å². The Hall–Kier alpha value is -2.11. The van der Waals surface area contributed by atoms with Crippen molar-refractivity contribution >= 4 is 11.6 Å². The lowest BCUT2D eigenvalue weighted by Crippen LogP contribution is -2.51. The van der Waals surface area contributed by atoms with E-state index in [1.807, 2.05) is 6.92 Å². The van der Waals surface area contributed by atoms with E-state index in [1.165, 1.54) is 11.0 Å². The average molecular weight is 378 g/mol. The number of ether oxygens (including phenoxy) is 2. The summed E-state index contributed by atoms with van der Waals surface area (Å²) in [6.45, 7) is 2.32. The first-order valence-electron chi connectivity index (χ1n) is 8.96. The van der Waals surface area contributed by atoms with E-state index in [-0.39, 0.29) is 17.5 Å². The smallest absolute Gasteiger partial charge is 0.367 e. The fourth-order valence-corrected chi connectivity index (χ4v) is 5.60. The Bertz CT molecular complexity index is 891. The zero-order chi connectivity index (χ0) is 19.2. The van der Waals surface area contributed by atoms with Gasteiger partial charge in [-0.25, -0.2) is 0 Å². The number of halogens is 3. The van der Waals surface area contributed by atoms with Crippen LogP contribution in [0.25, 0.3) is 0 Å². The van der Waals surface area contributed by atoms with E-state index in [2.05, 4.69) is 0 Å². The summed E-state index contributed by atoms with van der Waals surface area (Å²) in [7, 11) is 0. The highest BCUT2D eigenvalue weighted by Crippen LogP contribution is 2.65. The summed E-state index contributed by atoms with van der Waals surface area (Å²) in [6.07, 6.45) is -3.01. The van der Waals surface area contributed by atoms with Crippen LogP contribution in [0.2, 0.25) is 0 Å². The number of nitrogens with zero attached hydrogens (tertiary/aromatic N) is 2. The monoisotopic (exact) mass is 378 g/mol. The lowest BCUT2D eigenvalue weighted by atomic mass is 9.66. The van der Waals surface area contributed by atoms with E-state index in [4.69, 9.17) is 14.7 Å². The van der Waals surface area contributed by atoms with Crippen molar-refractivity contribution in [2.75, 3.05) is 11.5 Å². The normalized spacial score (nSPS) is 39.6. The molecule has 4 aliphatic heterocycles. The Morgan fingerprint density at radius 3 is 2.78 bits per heavy atom. The Balaban J connectivity index is 1.62. The lowest BCUT2D eigenvalue weighted by Gasteiger charge is -2.41. The minimum atomic E-state index is -4.68. The Morgan fingerprint density at radius 1 is 1.30 bits per heavy atom. The van der Waals surface area contributed by atoms with Crippen LogP contribution in [0.15, 0.2) is 18.2 Å². The molecule has 0 radical (unpaired) electrons. The topological polar surface area (TPSA) is 62.6 Å². The molecular formula is C19H17F3N2O3. The van der Waals surface area contributed by atoms with Crippen molar-refractivity contribution in [1.82, 2.24) is 0 Å². The highest BCUT2D eigenvalue weighted by atomic mass is 19.4. The van der Waals surface area contributed by atoms with Crippen LogP contribution in [0.1, 0.15) is 37.3 Å². The molecular weight excluding hydrogens is 361 g/mol. The molecule has 5 atom stereocenters. The van der Waals surface area contributed by atoms with Crippen molar-refractivity contribution in [1.29, 1.82) is 5.26 Å². The number of carbonyl (C=O) groups is 1. The van der Waals surface area contributed by atoms with Crippen molar-refractivity contribution in [2.24, 2.45) is 11.8 Å². The third kappa shape index (κ3) is 2.04. The van der Waals surface area contributed by atoms with Gasteiger partial charge in [0, 0.05) is 18.0 Å². The molecule has 4 heterocycles. The van der Waals surface area contributed by atoms with Gasteiger partial charge < -0.3 is 9.47 Å². The molecule has 1 spiro atoms. The van der Waals surface area contributed by atoms with Crippen LogP contribution in [0.4, 0.5) is 18.9 Å². The molecule has 0 saturated carbocycles. The number of carbonyl (C=O) groups excluding carboxylic acids is 1. The number of hydrogen-bond acceptors (Lipinski definition) is 4. The summed E-state index contributed by atoms with van der Waals surface area (Å²) in [6, 6.07) is 4.96. The Morgan fingerprint density at radius 2 is 2.07 bits per heavy atom. The third-order valence-electron chi connectivity index (χ3n) is 6.69. The number of nitriles is 1. The first-order valence-corrected chi connectivity index (χ1v) is 8.96. The van der Waals surface area contributed by atoms with Gasteiger partial charge in [-0.05, 0) is 38.0 Å². The average Bonchev–Trinajstić information content (AvgIpc) is 3.20. The second-order valence-corrected chi connectivity index (χ2v) is 8.04. The van der Waals surface area contributed by atoms with Gasteiger partial charge in [0.05, 0.1) is 40.9 Å². The van der Waals surface area contributed by atoms with Crippen LogP contribution < -0.4 is 4.90 Å². The maximum Gasteiger partial charge on any atom is 0.417 e. The molecule has 0 aliphatic carbocycles. The summed E-state index contributed by atoms with van der Waals surface area (Å²) in [5, 5.41) is 9.00. The fourth-order valence-electron chi connectivity index (χ4n) is 5.60. The maximum absolute atomic E-state index is 13.4. The fraction of sp³-hybridized carbons (Fsp3) is 0.579. The standard InChI is InChI=1S/C19H17F3N2O3/c1-17-4-5-18(27-17)6-7-26-16-14(18)13(17)15(25)24(16)11-3-2-10(9-23)12(8-11)19(20,21)22/h2-3,8,13-14,16H,4-7H2,1H3/t13-,14+,16?,17?,18?/m1/s1. The highest BCUT2D eigenvalue weighted by molar-refractivity contribution is 6.00. The first kappa shape index (κ1) is 17.0. The highest BCUT2D eigenvalue weighted by Gasteiger charge is 2.75. The molecule has 0 aromatic heterocycles. The Kier molecular flexibility index (Phi) is 3.17. The van der Waals surface area contributed by atoms with Gasteiger partial charge in [-0.3, -0.25) is 9.69 Å². The number of benzene rings is 1. The molecule has 5 nitrogen and oxygen atoms in total. The zero-order valence-corrected chi connectivity index (χ0v) is 14.5. The predicted molar refractivity (Wildman–Crippen MR) is 86.4 cm³/mol. The number of rotatable bonds is 1. The van der Waals surface area contributed by atoms with Crippen molar-refractivity contribution in [2.45, 2.75) is 49.8 Å². The number of alkyl halides is 3. The van der Waals surface area contributed by atoms with Gasteiger partial charge in [-0.1, -0.05) is 0 Å². The van der Waals surface area contributed by atoms with Crippen molar-refractivity contribution in [3.63, 3.8) is 0 Å². The molecule has 2 bridgehead atoms. The molecule has 1 amide bonds. The van der Waals surface area contributed by atoms with Crippen molar-refractivity contribution in [3.8, 4) is 6.07 Å². The van der Waals surface area contributed by atoms with Crippen LogP contribution in [-0.4, -0.2) is 29.9 Å². The minimum absolute atomic E-state index is 0.116. The maximum atomic E-state index is 13.4. The van der Waals surface area contributed by atoms with Crippen LogP contribution in [-0.2, 0) is 20.4 Å². The summed E-state index contributed by atoms with van der Waals surface area (Å²) >= 11 is 0. The second kappa shape index (κ2) is 5.03. The largest absolute Gasteiger partial charge is 0.417 e. The van der Waals surface area contributed by atoms with Gasteiger partial charge in [0.15, 0.2) is 0 Å². The molecule has 3 unspecified atom stereocenters. The van der Waals surface area contributed by atoms with E-state index in [0.29, 0.717) is 13.0 Å². The number of anilines is 1. The van der Waals surface area contributed by atoms with Crippen LogP contribution in [0.3, 0.4) is 0 Å². The second-order valence-electron chi connectivity index (χ2n) is 8.04. The molecule has 27 heavy (non-hydrogen) atoms. The van der Waals surface area contributed by atoms with E-state index in [1.54, 1.807) is 6.07 Å². The van der Waals surface area contributed by atoms with Crippen molar-refractivity contribution in [3.05, 3.63) is 29.3 Å². The molecule has 4 aliphatic rings. The molecule has 8 heteroatoms. The van der Waals surface area contributed by atoms with Gasteiger partial charge in [0.25, 0.3) is 0 Å². The van der Waals surface area contributed by atoms with Gasteiger partial charge in [0.2, 0.25) is 5.91 Å². The number of fused-ring (bicyclic) bond motifs is 2. The summed E-state index contributed by atoms with van der Waals surface area (Å²) in [4.78, 5) is 14.6. The van der Waals surface area contributed by atoms with E-state index in [9.17, 15) is 18.0 Å². The summed E-state index contributed by atoms with van der Waals surface area (Å²) in [5.41, 5.74) is -2.41. The summed E-state index contributed by atoms with van der Waals surface area (Å²) in [5.74, 6) is -0.849. The summed E-state index contributed by atoms with van der Waals surface area (Å²) < 4.78 is 52.3. The zero-order valence-electron chi connectivity index (χ0n) is 14.5. The molecule has 1 aromatic rings. The molecule has 4 fully saturated rings. The molecule has 142 valence electrons. The van der Waals surface area contributed by atoms with Crippen LogP contribution in [0.5, 0.6) is 0 Å². The lowest BCUT2D eigenvalue weighted by molar-refractivity contribution is -0.140. The first-order chi connectivity index (χ1) is 12.7. The number of hydrogen-bond donors (Lipinski definition) is 0. The van der Waals surface area contributed by atoms with Gasteiger partial charge in [-0.2, -0.15) is 18.4 Å². The molecule has 0 N–H and O–H groups in total. The molecule has 5 rings (SSSR count). The van der Waals surface area contributed by atoms with Gasteiger partial charge in [0.1, 0.15) is 6.23 Å². The van der Waals surface area contributed by atoms with Crippen LogP contribution >= 0.6 is 0 Å². The number of amides is 1. The van der Waals surface area contributed by atoms with Gasteiger partial charge >= 0.3 is 6.18 Å². The van der Waals surface area contributed by atoms with E-state index < -0.39 is 40.7 Å². The van der Waals surface area contributed by atoms with Gasteiger partial charge in [-0.15, -0.1) is 0 Å². The predicted octanol–water partition coefficient (Wildman–Crippen LogP) is 3.22. The molecule has 4 saturated heterocycles.